The minimum absolute atomic E-state index is 0.0736. The molecular formula is C17H23N3O2S. The molecule has 2 atom stereocenters. The average molecular weight is 333 g/mol. The van der Waals surface area contributed by atoms with E-state index in [-0.39, 0.29) is 11.9 Å². The lowest BCUT2D eigenvalue weighted by molar-refractivity contribution is 0.173. The predicted molar refractivity (Wildman–Crippen MR) is 94.0 cm³/mol. The monoisotopic (exact) mass is 333 g/mol. The maximum atomic E-state index is 12.0. The van der Waals surface area contributed by atoms with Crippen molar-refractivity contribution in [3.05, 3.63) is 47.0 Å². The smallest absolute Gasteiger partial charge is 0.321 e. The summed E-state index contributed by atoms with van der Waals surface area (Å²) >= 11 is 1.42. The molecule has 0 saturated carbocycles. The summed E-state index contributed by atoms with van der Waals surface area (Å²) in [4.78, 5) is 16.3. The maximum absolute atomic E-state index is 12.0. The highest BCUT2D eigenvalue weighted by atomic mass is 32.1. The van der Waals surface area contributed by atoms with Gasteiger partial charge in [0.2, 0.25) is 0 Å². The van der Waals surface area contributed by atoms with Crippen molar-refractivity contribution in [2.45, 2.75) is 38.7 Å². The predicted octanol–water partition coefficient (Wildman–Crippen LogP) is 3.38. The highest BCUT2D eigenvalue weighted by Crippen LogP contribution is 2.21. The lowest BCUT2D eigenvalue weighted by Gasteiger charge is -2.19. The van der Waals surface area contributed by atoms with Crippen molar-refractivity contribution in [3.63, 3.8) is 0 Å². The number of anilines is 1. The molecule has 0 aliphatic heterocycles. The number of urea groups is 1. The minimum atomic E-state index is -0.420. The molecule has 0 fully saturated rings. The van der Waals surface area contributed by atoms with Gasteiger partial charge in [-0.25, -0.2) is 9.78 Å². The average Bonchev–Trinajstić information content (AvgIpc) is 2.99. The van der Waals surface area contributed by atoms with E-state index in [0.717, 1.165) is 17.7 Å². The first kappa shape index (κ1) is 17.4. The Morgan fingerprint density at radius 1 is 1.35 bits per heavy atom. The number of hydrogen-bond acceptors (Lipinski definition) is 4. The fourth-order valence-corrected chi connectivity index (χ4v) is 3.15. The lowest BCUT2D eigenvalue weighted by atomic mass is 9.93. The number of carbonyl (C=O) groups excluding carboxylic acids is 1. The fourth-order valence-electron chi connectivity index (χ4n) is 2.36. The van der Waals surface area contributed by atoms with Crippen molar-refractivity contribution < 1.29 is 9.90 Å². The van der Waals surface area contributed by atoms with Crippen LogP contribution in [0.25, 0.3) is 0 Å². The van der Waals surface area contributed by atoms with E-state index in [2.05, 4.69) is 15.6 Å². The van der Waals surface area contributed by atoms with Gasteiger partial charge in [-0.15, -0.1) is 11.3 Å². The SMILES string of the molecule is CCc1csc(NC(=O)NCC(CC(C)O)c2ccccc2)n1. The number of rotatable bonds is 7. The molecule has 1 heterocycles. The van der Waals surface area contributed by atoms with Gasteiger partial charge in [0, 0.05) is 17.8 Å². The van der Waals surface area contributed by atoms with Gasteiger partial charge in [-0.3, -0.25) is 5.32 Å². The Bertz CT molecular complexity index is 613. The molecule has 23 heavy (non-hydrogen) atoms. The number of aliphatic hydroxyl groups excluding tert-OH is 1. The van der Waals surface area contributed by atoms with Crippen LogP contribution in [0.15, 0.2) is 35.7 Å². The van der Waals surface area contributed by atoms with Crippen molar-refractivity contribution in [1.82, 2.24) is 10.3 Å². The quantitative estimate of drug-likeness (QED) is 0.727. The molecule has 2 amide bonds. The minimum Gasteiger partial charge on any atom is -0.393 e. The zero-order valence-corrected chi connectivity index (χ0v) is 14.3. The van der Waals surface area contributed by atoms with E-state index in [9.17, 15) is 9.90 Å². The molecule has 6 heteroatoms. The number of amides is 2. The van der Waals surface area contributed by atoms with Crippen molar-refractivity contribution in [3.8, 4) is 0 Å². The summed E-state index contributed by atoms with van der Waals surface area (Å²) in [5.74, 6) is 0.0736. The summed E-state index contributed by atoms with van der Waals surface area (Å²) in [6, 6.07) is 9.64. The van der Waals surface area contributed by atoms with E-state index in [0.29, 0.717) is 18.1 Å². The normalized spacial score (nSPS) is 13.3. The molecule has 1 aromatic carbocycles. The number of nitrogens with zero attached hydrogens (tertiary/aromatic N) is 1. The van der Waals surface area contributed by atoms with Gasteiger partial charge < -0.3 is 10.4 Å². The zero-order chi connectivity index (χ0) is 16.7. The van der Waals surface area contributed by atoms with Gasteiger partial charge in [-0.1, -0.05) is 37.3 Å². The Kier molecular flexibility index (Phi) is 6.55. The molecule has 124 valence electrons. The van der Waals surface area contributed by atoms with Gasteiger partial charge in [-0.05, 0) is 25.3 Å². The number of aryl methyl sites for hydroxylation is 1. The number of carbonyl (C=O) groups is 1. The van der Waals surface area contributed by atoms with Crippen LogP contribution >= 0.6 is 11.3 Å². The van der Waals surface area contributed by atoms with Crippen LogP contribution in [0.1, 0.15) is 37.4 Å². The third-order valence-corrected chi connectivity index (χ3v) is 4.35. The number of aromatic nitrogens is 1. The number of nitrogens with one attached hydrogen (secondary N) is 2. The highest BCUT2D eigenvalue weighted by Gasteiger charge is 2.15. The molecule has 0 radical (unpaired) electrons. The molecular weight excluding hydrogens is 310 g/mol. The zero-order valence-electron chi connectivity index (χ0n) is 13.5. The van der Waals surface area contributed by atoms with Crippen LogP contribution in [0.2, 0.25) is 0 Å². The van der Waals surface area contributed by atoms with E-state index in [1.54, 1.807) is 6.92 Å². The number of hydrogen-bond donors (Lipinski definition) is 3. The molecule has 3 N–H and O–H groups in total. The van der Waals surface area contributed by atoms with E-state index in [1.807, 2.05) is 42.6 Å². The van der Waals surface area contributed by atoms with E-state index in [1.165, 1.54) is 11.3 Å². The first-order valence-corrected chi connectivity index (χ1v) is 8.68. The largest absolute Gasteiger partial charge is 0.393 e. The fraction of sp³-hybridized carbons (Fsp3) is 0.412. The number of benzene rings is 1. The van der Waals surface area contributed by atoms with Crippen LogP contribution in [-0.4, -0.2) is 28.8 Å². The van der Waals surface area contributed by atoms with Gasteiger partial charge in [0.1, 0.15) is 0 Å². The van der Waals surface area contributed by atoms with Gasteiger partial charge in [0.15, 0.2) is 5.13 Å². The first-order valence-electron chi connectivity index (χ1n) is 7.80. The standard InChI is InChI=1S/C17H23N3O2S/c1-3-15-11-23-17(19-15)20-16(22)18-10-14(9-12(2)21)13-7-5-4-6-8-13/h4-8,11-12,14,21H,3,9-10H2,1-2H3,(H2,18,19,20,22). The molecule has 2 aromatic rings. The Labute approximate surface area is 140 Å². The lowest BCUT2D eigenvalue weighted by Crippen LogP contribution is -2.33. The summed E-state index contributed by atoms with van der Waals surface area (Å²) in [5, 5.41) is 17.8. The van der Waals surface area contributed by atoms with E-state index in [4.69, 9.17) is 0 Å². The molecule has 2 unspecified atom stereocenters. The molecule has 0 aliphatic carbocycles. The van der Waals surface area contributed by atoms with Crippen LogP contribution in [0.4, 0.5) is 9.93 Å². The molecule has 0 spiro atoms. The Hall–Kier alpha value is -1.92. The van der Waals surface area contributed by atoms with Crippen molar-refractivity contribution in [2.24, 2.45) is 0 Å². The second-order valence-electron chi connectivity index (χ2n) is 5.52. The molecule has 2 rings (SSSR count). The molecule has 5 nitrogen and oxygen atoms in total. The Morgan fingerprint density at radius 3 is 2.70 bits per heavy atom. The van der Waals surface area contributed by atoms with Gasteiger partial charge >= 0.3 is 6.03 Å². The summed E-state index contributed by atoms with van der Waals surface area (Å²) in [5.41, 5.74) is 2.08. The van der Waals surface area contributed by atoms with Crippen LogP contribution in [0.5, 0.6) is 0 Å². The molecule has 0 saturated heterocycles. The molecule has 1 aromatic heterocycles. The van der Waals surface area contributed by atoms with Crippen molar-refractivity contribution >= 4 is 22.5 Å². The Balaban J connectivity index is 1.91. The summed E-state index contributed by atoms with van der Waals surface area (Å²) in [6.45, 7) is 4.25. The van der Waals surface area contributed by atoms with Crippen molar-refractivity contribution in [1.29, 1.82) is 0 Å². The topological polar surface area (TPSA) is 74.2 Å². The first-order chi connectivity index (χ1) is 11.1. The summed E-state index contributed by atoms with van der Waals surface area (Å²) in [7, 11) is 0. The van der Waals surface area contributed by atoms with Crippen LogP contribution in [0, 0.1) is 0 Å². The Morgan fingerprint density at radius 2 is 2.09 bits per heavy atom. The maximum Gasteiger partial charge on any atom is 0.321 e. The second-order valence-corrected chi connectivity index (χ2v) is 6.38. The second kappa shape index (κ2) is 8.64. The third kappa shape index (κ3) is 5.65. The van der Waals surface area contributed by atoms with Gasteiger partial charge in [0.25, 0.3) is 0 Å². The molecule has 0 bridgehead atoms. The van der Waals surface area contributed by atoms with Gasteiger partial charge in [-0.2, -0.15) is 0 Å². The number of thiazole rings is 1. The van der Waals surface area contributed by atoms with Crippen LogP contribution in [-0.2, 0) is 6.42 Å². The number of aliphatic hydroxyl groups is 1. The van der Waals surface area contributed by atoms with Gasteiger partial charge in [0.05, 0.1) is 11.8 Å². The molecule has 0 aliphatic rings. The van der Waals surface area contributed by atoms with Crippen LogP contribution in [0.3, 0.4) is 0 Å². The van der Waals surface area contributed by atoms with Crippen LogP contribution < -0.4 is 10.6 Å². The summed E-state index contributed by atoms with van der Waals surface area (Å²) < 4.78 is 0. The third-order valence-electron chi connectivity index (χ3n) is 3.54. The van der Waals surface area contributed by atoms with Crippen molar-refractivity contribution in [2.75, 3.05) is 11.9 Å². The van der Waals surface area contributed by atoms with E-state index < -0.39 is 6.10 Å². The van der Waals surface area contributed by atoms with E-state index >= 15 is 0 Å². The highest BCUT2D eigenvalue weighted by molar-refractivity contribution is 7.13. The summed E-state index contributed by atoms with van der Waals surface area (Å²) in [6.07, 6.45) is 1.03.